The topological polar surface area (TPSA) is 26.3 Å². The minimum Gasteiger partial charge on any atom is -0.497 e. The highest BCUT2D eigenvalue weighted by atomic mass is 16.5. The molecule has 0 radical (unpaired) electrons. The number of hydrogen-bond donors (Lipinski definition) is 0. The van der Waals surface area contributed by atoms with E-state index in [4.69, 9.17) is 4.74 Å². The summed E-state index contributed by atoms with van der Waals surface area (Å²) in [5.74, 6) is 0.742. The Kier molecular flexibility index (Phi) is 5.30. The number of ether oxygens (including phenoxy) is 1. The maximum absolute atomic E-state index is 13.3. The van der Waals surface area contributed by atoms with Crippen LogP contribution in [0.1, 0.15) is 40.2 Å². The van der Waals surface area contributed by atoms with Crippen molar-refractivity contribution in [1.82, 2.24) is 0 Å². The number of benzene rings is 3. The summed E-state index contributed by atoms with van der Waals surface area (Å²) in [5.41, 5.74) is 2.87. The van der Waals surface area contributed by atoms with Gasteiger partial charge >= 0.3 is 0 Å². The Bertz CT molecular complexity index is 825. The van der Waals surface area contributed by atoms with Crippen molar-refractivity contribution in [3.63, 3.8) is 0 Å². The molecular formula is C23H22O2. The molecule has 0 spiro atoms. The molecule has 3 aromatic rings. The first kappa shape index (κ1) is 17.0. The van der Waals surface area contributed by atoms with Gasteiger partial charge in [-0.1, -0.05) is 79.7 Å². The third kappa shape index (κ3) is 3.80. The Labute approximate surface area is 149 Å². The van der Waals surface area contributed by atoms with Gasteiger partial charge in [0.15, 0.2) is 5.78 Å². The van der Waals surface area contributed by atoms with E-state index in [9.17, 15) is 4.79 Å². The van der Waals surface area contributed by atoms with Crippen molar-refractivity contribution in [2.24, 2.45) is 0 Å². The molecule has 3 aromatic carbocycles. The second kappa shape index (κ2) is 7.80. The smallest absolute Gasteiger partial charge is 0.170 e. The monoisotopic (exact) mass is 330 g/mol. The van der Waals surface area contributed by atoms with Crippen molar-refractivity contribution in [2.45, 2.75) is 18.8 Å². The van der Waals surface area contributed by atoms with Crippen molar-refractivity contribution in [3.05, 3.63) is 102 Å². The molecule has 2 heteroatoms. The molecule has 0 bridgehead atoms. The van der Waals surface area contributed by atoms with Gasteiger partial charge in [-0.05, 0) is 29.2 Å². The SMILES string of the molecule is COc1cccc([C@H](C)[C@@H](C(=O)c2ccccc2)c2ccccc2)c1. The molecule has 126 valence electrons. The van der Waals surface area contributed by atoms with Crippen LogP contribution in [0, 0.1) is 0 Å². The Morgan fingerprint density at radius 3 is 2.04 bits per heavy atom. The van der Waals surface area contributed by atoms with E-state index in [2.05, 4.69) is 13.0 Å². The van der Waals surface area contributed by atoms with Gasteiger partial charge in [-0.3, -0.25) is 4.79 Å². The highest BCUT2D eigenvalue weighted by molar-refractivity contribution is 6.01. The Balaban J connectivity index is 2.03. The molecule has 0 aliphatic rings. The van der Waals surface area contributed by atoms with Crippen molar-refractivity contribution in [1.29, 1.82) is 0 Å². The fraction of sp³-hybridized carbons (Fsp3) is 0.174. The summed E-state index contributed by atoms with van der Waals surface area (Å²) in [4.78, 5) is 13.3. The van der Waals surface area contributed by atoms with Gasteiger partial charge in [0.25, 0.3) is 0 Å². The molecular weight excluding hydrogens is 308 g/mol. The first-order chi connectivity index (χ1) is 12.2. The number of methoxy groups -OCH3 is 1. The van der Waals surface area contributed by atoms with Crippen LogP contribution in [0.5, 0.6) is 5.75 Å². The van der Waals surface area contributed by atoms with Gasteiger partial charge in [-0.25, -0.2) is 0 Å². The van der Waals surface area contributed by atoms with Crippen LogP contribution in [0.2, 0.25) is 0 Å². The average Bonchev–Trinajstić information content (AvgIpc) is 2.69. The Morgan fingerprint density at radius 1 is 0.800 bits per heavy atom. The van der Waals surface area contributed by atoms with Gasteiger partial charge < -0.3 is 4.74 Å². The molecule has 0 unspecified atom stereocenters. The van der Waals surface area contributed by atoms with Gasteiger partial charge in [0.2, 0.25) is 0 Å². The summed E-state index contributed by atoms with van der Waals surface area (Å²) in [6.07, 6.45) is 0. The summed E-state index contributed by atoms with van der Waals surface area (Å²) >= 11 is 0. The lowest BCUT2D eigenvalue weighted by atomic mass is 9.78. The van der Waals surface area contributed by atoms with Crippen LogP contribution in [0.15, 0.2) is 84.9 Å². The highest BCUT2D eigenvalue weighted by Crippen LogP contribution is 2.36. The maximum Gasteiger partial charge on any atom is 0.170 e. The van der Waals surface area contributed by atoms with E-state index < -0.39 is 0 Å². The number of rotatable bonds is 6. The number of hydrogen-bond acceptors (Lipinski definition) is 2. The van der Waals surface area contributed by atoms with Crippen LogP contribution >= 0.6 is 0 Å². The summed E-state index contributed by atoms with van der Waals surface area (Å²) in [6, 6.07) is 27.5. The van der Waals surface area contributed by atoms with Crippen molar-refractivity contribution >= 4 is 5.78 Å². The van der Waals surface area contributed by atoms with E-state index in [1.165, 1.54) is 0 Å². The average molecular weight is 330 g/mol. The van der Waals surface area contributed by atoms with Gasteiger partial charge in [0.05, 0.1) is 13.0 Å². The first-order valence-corrected chi connectivity index (χ1v) is 8.49. The van der Waals surface area contributed by atoms with E-state index in [1.807, 2.05) is 78.9 Å². The first-order valence-electron chi connectivity index (χ1n) is 8.49. The van der Waals surface area contributed by atoms with Crippen LogP contribution in [0.25, 0.3) is 0 Å². The molecule has 3 rings (SSSR count). The highest BCUT2D eigenvalue weighted by Gasteiger charge is 2.28. The third-order valence-electron chi connectivity index (χ3n) is 4.62. The lowest BCUT2D eigenvalue weighted by Gasteiger charge is -2.24. The van der Waals surface area contributed by atoms with Crippen molar-refractivity contribution < 1.29 is 9.53 Å². The second-order valence-corrected chi connectivity index (χ2v) is 6.18. The lowest BCUT2D eigenvalue weighted by molar-refractivity contribution is 0.0949. The van der Waals surface area contributed by atoms with Crippen LogP contribution in [-0.4, -0.2) is 12.9 Å². The molecule has 0 aliphatic carbocycles. The fourth-order valence-corrected chi connectivity index (χ4v) is 3.23. The standard InChI is InChI=1S/C23H22O2/c1-17(20-14-9-15-21(16-20)25-2)22(18-10-5-3-6-11-18)23(24)19-12-7-4-8-13-19/h3-17,22H,1-2H3/t17-,22+/m0/s1. The van der Waals surface area contributed by atoms with Crippen LogP contribution in [0.4, 0.5) is 0 Å². The summed E-state index contributed by atoms with van der Waals surface area (Å²) in [5, 5.41) is 0. The minimum atomic E-state index is -0.240. The number of ketones is 1. The second-order valence-electron chi connectivity index (χ2n) is 6.18. The summed E-state index contributed by atoms with van der Waals surface area (Å²) < 4.78 is 5.35. The molecule has 2 atom stereocenters. The molecule has 2 nitrogen and oxygen atoms in total. The molecule has 0 saturated heterocycles. The summed E-state index contributed by atoms with van der Waals surface area (Å²) in [6.45, 7) is 2.10. The lowest BCUT2D eigenvalue weighted by Crippen LogP contribution is -2.19. The van der Waals surface area contributed by atoms with Crippen LogP contribution < -0.4 is 4.74 Å². The van der Waals surface area contributed by atoms with E-state index in [-0.39, 0.29) is 17.6 Å². The van der Waals surface area contributed by atoms with Gasteiger partial charge in [0.1, 0.15) is 5.75 Å². The zero-order valence-electron chi connectivity index (χ0n) is 14.6. The molecule has 0 aliphatic heterocycles. The Morgan fingerprint density at radius 2 is 1.40 bits per heavy atom. The molecule has 0 N–H and O–H groups in total. The van der Waals surface area contributed by atoms with Gasteiger partial charge in [0, 0.05) is 5.56 Å². The number of carbonyl (C=O) groups is 1. The fourth-order valence-electron chi connectivity index (χ4n) is 3.23. The third-order valence-corrected chi connectivity index (χ3v) is 4.62. The Hall–Kier alpha value is -2.87. The predicted octanol–water partition coefficient (Wildman–Crippen LogP) is 5.47. The maximum atomic E-state index is 13.3. The van der Waals surface area contributed by atoms with E-state index in [0.29, 0.717) is 0 Å². The van der Waals surface area contributed by atoms with Crippen LogP contribution in [-0.2, 0) is 0 Å². The van der Waals surface area contributed by atoms with Crippen molar-refractivity contribution in [2.75, 3.05) is 7.11 Å². The normalized spacial score (nSPS) is 13.0. The summed E-state index contributed by atoms with van der Waals surface area (Å²) in [7, 11) is 1.66. The largest absolute Gasteiger partial charge is 0.497 e. The molecule has 0 amide bonds. The zero-order valence-corrected chi connectivity index (χ0v) is 14.6. The minimum absolute atomic E-state index is 0.0326. The van der Waals surface area contributed by atoms with Gasteiger partial charge in [-0.15, -0.1) is 0 Å². The number of carbonyl (C=O) groups excluding carboxylic acids is 1. The zero-order chi connectivity index (χ0) is 17.6. The molecule has 0 fully saturated rings. The molecule has 0 aromatic heterocycles. The molecule has 0 saturated carbocycles. The predicted molar refractivity (Wildman–Crippen MR) is 101 cm³/mol. The van der Waals surface area contributed by atoms with E-state index >= 15 is 0 Å². The van der Waals surface area contributed by atoms with E-state index in [0.717, 1.165) is 22.4 Å². The van der Waals surface area contributed by atoms with E-state index in [1.54, 1.807) is 7.11 Å². The van der Waals surface area contributed by atoms with Crippen molar-refractivity contribution in [3.8, 4) is 5.75 Å². The quantitative estimate of drug-likeness (QED) is 0.561. The van der Waals surface area contributed by atoms with Crippen LogP contribution in [0.3, 0.4) is 0 Å². The molecule has 0 heterocycles. The van der Waals surface area contributed by atoms with Gasteiger partial charge in [-0.2, -0.15) is 0 Å². The number of Topliss-reactive ketones (excluding diaryl/α,β-unsaturated/α-hetero) is 1. The molecule has 25 heavy (non-hydrogen) atoms.